The third-order valence-electron chi connectivity index (χ3n) is 2.43. The second kappa shape index (κ2) is 5.34. The summed E-state index contributed by atoms with van der Waals surface area (Å²) < 4.78 is 6.47. The largest absolute Gasteiger partial charge is 0.466 e. The standard InChI is InChI=1S/C12H21BrN2O/c1-12(2,3)8-15(4)10(7-14)11-9(13)5-6-16-11/h5-6,10H,7-8,14H2,1-4H3. The van der Waals surface area contributed by atoms with E-state index in [1.165, 1.54) is 0 Å². The van der Waals surface area contributed by atoms with E-state index >= 15 is 0 Å². The molecule has 1 aromatic rings. The first-order valence-corrected chi connectivity index (χ1v) is 6.27. The molecule has 1 atom stereocenters. The van der Waals surface area contributed by atoms with E-state index in [9.17, 15) is 0 Å². The van der Waals surface area contributed by atoms with Crippen molar-refractivity contribution in [2.75, 3.05) is 20.1 Å². The number of hydrogen-bond acceptors (Lipinski definition) is 3. The molecule has 0 saturated heterocycles. The van der Waals surface area contributed by atoms with Crippen LogP contribution in [-0.2, 0) is 0 Å². The summed E-state index contributed by atoms with van der Waals surface area (Å²) in [6.45, 7) is 8.18. The van der Waals surface area contributed by atoms with Crippen molar-refractivity contribution in [1.29, 1.82) is 0 Å². The van der Waals surface area contributed by atoms with Gasteiger partial charge in [-0.2, -0.15) is 0 Å². The Morgan fingerprint density at radius 1 is 1.50 bits per heavy atom. The minimum Gasteiger partial charge on any atom is -0.466 e. The Balaban J connectivity index is 2.79. The lowest BCUT2D eigenvalue weighted by Gasteiger charge is -2.31. The van der Waals surface area contributed by atoms with Crippen LogP contribution in [0.2, 0.25) is 0 Å². The van der Waals surface area contributed by atoms with Crippen molar-refractivity contribution in [2.24, 2.45) is 11.1 Å². The monoisotopic (exact) mass is 288 g/mol. The van der Waals surface area contributed by atoms with Gasteiger partial charge < -0.3 is 10.2 Å². The maximum absolute atomic E-state index is 5.83. The number of nitrogens with zero attached hydrogens (tertiary/aromatic N) is 1. The molecule has 1 unspecified atom stereocenters. The molecular formula is C12H21BrN2O. The SMILES string of the molecule is CN(CC(C)(C)C)C(CN)c1occc1Br. The summed E-state index contributed by atoms with van der Waals surface area (Å²) in [5.74, 6) is 0.911. The quantitative estimate of drug-likeness (QED) is 0.926. The summed E-state index contributed by atoms with van der Waals surface area (Å²) in [4.78, 5) is 2.24. The molecule has 0 fully saturated rings. The molecule has 0 aliphatic rings. The smallest absolute Gasteiger partial charge is 0.136 e. The van der Waals surface area contributed by atoms with Crippen molar-refractivity contribution >= 4 is 15.9 Å². The third kappa shape index (κ3) is 3.61. The average molecular weight is 289 g/mol. The molecule has 0 aliphatic carbocycles. The van der Waals surface area contributed by atoms with Crippen LogP contribution in [0.3, 0.4) is 0 Å². The molecule has 4 heteroatoms. The molecule has 1 aromatic heterocycles. The molecule has 92 valence electrons. The van der Waals surface area contributed by atoms with Crippen molar-refractivity contribution in [1.82, 2.24) is 4.90 Å². The van der Waals surface area contributed by atoms with Gasteiger partial charge in [0.1, 0.15) is 5.76 Å². The Labute approximate surface area is 106 Å². The van der Waals surface area contributed by atoms with Gasteiger partial charge in [-0.25, -0.2) is 0 Å². The van der Waals surface area contributed by atoms with Crippen molar-refractivity contribution in [2.45, 2.75) is 26.8 Å². The molecular weight excluding hydrogens is 268 g/mol. The van der Waals surface area contributed by atoms with Gasteiger partial charge >= 0.3 is 0 Å². The van der Waals surface area contributed by atoms with E-state index in [0.717, 1.165) is 16.8 Å². The third-order valence-corrected chi connectivity index (χ3v) is 3.08. The molecule has 0 bridgehead atoms. The van der Waals surface area contributed by atoms with Crippen LogP contribution in [-0.4, -0.2) is 25.0 Å². The zero-order valence-corrected chi connectivity index (χ0v) is 12.0. The molecule has 0 aliphatic heterocycles. The molecule has 0 aromatic carbocycles. The maximum atomic E-state index is 5.83. The second-order valence-corrected chi connectivity index (χ2v) is 6.21. The van der Waals surface area contributed by atoms with Gasteiger partial charge in [-0.1, -0.05) is 20.8 Å². The fourth-order valence-electron chi connectivity index (χ4n) is 1.89. The lowest BCUT2D eigenvalue weighted by molar-refractivity contribution is 0.159. The van der Waals surface area contributed by atoms with E-state index in [4.69, 9.17) is 10.2 Å². The molecule has 3 nitrogen and oxygen atoms in total. The molecule has 1 rings (SSSR count). The predicted molar refractivity (Wildman–Crippen MR) is 70.3 cm³/mol. The topological polar surface area (TPSA) is 42.4 Å². The molecule has 0 amide bonds. The summed E-state index contributed by atoms with van der Waals surface area (Å²) in [6, 6.07) is 2.03. The Bertz CT molecular complexity index is 330. The Morgan fingerprint density at radius 2 is 2.12 bits per heavy atom. The number of likely N-dealkylation sites (N-methyl/N-ethyl adjacent to an activating group) is 1. The van der Waals surface area contributed by atoms with Crippen LogP contribution < -0.4 is 5.73 Å². The number of hydrogen-bond donors (Lipinski definition) is 1. The highest BCUT2D eigenvalue weighted by atomic mass is 79.9. The van der Waals surface area contributed by atoms with Crippen LogP contribution in [0.4, 0.5) is 0 Å². The summed E-state index contributed by atoms with van der Waals surface area (Å²) in [5.41, 5.74) is 6.08. The average Bonchev–Trinajstić information content (AvgIpc) is 2.50. The van der Waals surface area contributed by atoms with Crippen LogP contribution >= 0.6 is 15.9 Å². The van der Waals surface area contributed by atoms with E-state index in [1.54, 1.807) is 6.26 Å². The summed E-state index contributed by atoms with van der Waals surface area (Å²) in [5, 5.41) is 0. The van der Waals surface area contributed by atoms with Crippen LogP contribution in [0, 0.1) is 5.41 Å². The van der Waals surface area contributed by atoms with Crippen LogP contribution in [0.1, 0.15) is 32.6 Å². The molecule has 0 spiro atoms. The van der Waals surface area contributed by atoms with Gasteiger partial charge in [0.05, 0.1) is 16.8 Å². The minimum absolute atomic E-state index is 0.128. The molecule has 2 N–H and O–H groups in total. The van der Waals surface area contributed by atoms with Gasteiger partial charge in [0.2, 0.25) is 0 Å². The molecule has 0 radical (unpaired) electrons. The molecule has 0 saturated carbocycles. The summed E-state index contributed by atoms with van der Waals surface area (Å²) in [6.07, 6.45) is 1.69. The normalized spacial score (nSPS) is 14.4. The lowest BCUT2D eigenvalue weighted by atomic mass is 9.95. The predicted octanol–water partition coefficient (Wildman–Crippen LogP) is 3.02. The van der Waals surface area contributed by atoms with Gasteiger partial charge in [-0.05, 0) is 34.5 Å². The van der Waals surface area contributed by atoms with Gasteiger partial charge in [0.25, 0.3) is 0 Å². The highest BCUT2D eigenvalue weighted by molar-refractivity contribution is 9.10. The summed E-state index contributed by atoms with van der Waals surface area (Å²) in [7, 11) is 2.08. The van der Waals surface area contributed by atoms with Gasteiger partial charge in [-0.15, -0.1) is 0 Å². The zero-order valence-electron chi connectivity index (χ0n) is 10.5. The van der Waals surface area contributed by atoms with Gasteiger partial charge in [0.15, 0.2) is 0 Å². The van der Waals surface area contributed by atoms with Crippen LogP contribution in [0.5, 0.6) is 0 Å². The summed E-state index contributed by atoms with van der Waals surface area (Å²) >= 11 is 3.48. The maximum Gasteiger partial charge on any atom is 0.136 e. The van der Waals surface area contributed by atoms with Gasteiger partial charge in [-0.3, -0.25) is 4.90 Å². The second-order valence-electron chi connectivity index (χ2n) is 5.36. The fourth-order valence-corrected chi connectivity index (χ4v) is 2.35. The number of rotatable bonds is 4. The number of nitrogens with two attached hydrogens (primary N) is 1. The molecule has 1 heterocycles. The van der Waals surface area contributed by atoms with Crippen LogP contribution in [0.15, 0.2) is 21.2 Å². The number of halogens is 1. The zero-order chi connectivity index (χ0) is 12.3. The van der Waals surface area contributed by atoms with Crippen molar-refractivity contribution in [3.8, 4) is 0 Å². The van der Waals surface area contributed by atoms with Crippen molar-refractivity contribution in [3.05, 3.63) is 22.6 Å². The van der Waals surface area contributed by atoms with E-state index < -0.39 is 0 Å². The fraction of sp³-hybridized carbons (Fsp3) is 0.667. The van der Waals surface area contributed by atoms with Gasteiger partial charge in [0, 0.05) is 13.1 Å². The van der Waals surface area contributed by atoms with Crippen molar-refractivity contribution < 1.29 is 4.42 Å². The highest BCUT2D eigenvalue weighted by Crippen LogP contribution is 2.29. The Hall–Kier alpha value is -0.320. The van der Waals surface area contributed by atoms with E-state index in [1.807, 2.05) is 6.07 Å². The number of furan rings is 1. The van der Waals surface area contributed by atoms with E-state index in [-0.39, 0.29) is 11.5 Å². The Morgan fingerprint density at radius 3 is 2.50 bits per heavy atom. The Kier molecular flexibility index (Phi) is 4.59. The first kappa shape index (κ1) is 13.7. The first-order valence-electron chi connectivity index (χ1n) is 5.48. The lowest BCUT2D eigenvalue weighted by Crippen LogP contribution is -2.36. The molecule has 16 heavy (non-hydrogen) atoms. The van der Waals surface area contributed by atoms with E-state index in [0.29, 0.717) is 6.54 Å². The minimum atomic E-state index is 0.128. The van der Waals surface area contributed by atoms with Crippen LogP contribution in [0.25, 0.3) is 0 Å². The highest BCUT2D eigenvalue weighted by Gasteiger charge is 2.24. The first-order chi connectivity index (χ1) is 7.35. The van der Waals surface area contributed by atoms with Crippen molar-refractivity contribution in [3.63, 3.8) is 0 Å². The van der Waals surface area contributed by atoms with E-state index in [2.05, 4.69) is 48.6 Å².